The number of carbonyl (C=O) groups excluding carboxylic acids is 1. The molecule has 1 aliphatic rings. The zero-order chi connectivity index (χ0) is 12.3. The van der Waals surface area contributed by atoms with Gasteiger partial charge in [-0.05, 0) is 47.0 Å². The maximum atomic E-state index is 10.8. The van der Waals surface area contributed by atoms with Crippen LogP contribution >= 0.6 is 15.9 Å². The van der Waals surface area contributed by atoms with Crippen LogP contribution in [-0.2, 0) is 4.79 Å². The van der Waals surface area contributed by atoms with Crippen molar-refractivity contribution < 1.29 is 4.79 Å². The Morgan fingerprint density at radius 3 is 3.00 bits per heavy atom. The molecule has 1 aromatic carbocycles. The van der Waals surface area contributed by atoms with E-state index >= 15 is 0 Å². The topological polar surface area (TPSA) is 44.1 Å². The molecule has 1 fully saturated rings. The van der Waals surface area contributed by atoms with E-state index in [2.05, 4.69) is 26.9 Å². The quantitative estimate of drug-likeness (QED) is 0.788. The normalized spacial score (nSPS) is 19.8. The van der Waals surface area contributed by atoms with Gasteiger partial charge >= 0.3 is 0 Å². The molecule has 1 heterocycles. The van der Waals surface area contributed by atoms with Gasteiger partial charge in [0.15, 0.2) is 0 Å². The summed E-state index contributed by atoms with van der Waals surface area (Å²) >= 11 is 3.48. The number of carbonyl (C=O) groups is 1. The molecule has 0 aromatic heterocycles. The SMILES string of the molecule is N#Cc1ccc(N2CCCC(C=O)C2)c(Br)c1. The van der Waals surface area contributed by atoms with E-state index < -0.39 is 0 Å². The number of benzene rings is 1. The predicted molar refractivity (Wildman–Crippen MR) is 69.9 cm³/mol. The second kappa shape index (κ2) is 5.33. The van der Waals surface area contributed by atoms with Crippen LogP contribution in [0.4, 0.5) is 5.69 Å². The largest absolute Gasteiger partial charge is 0.370 e. The van der Waals surface area contributed by atoms with E-state index in [4.69, 9.17) is 5.26 Å². The summed E-state index contributed by atoms with van der Waals surface area (Å²) in [5.74, 6) is 0.131. The molecule has 0 aliphatic carbocycles. The molecule has 88 valence electrons. The summed E-state index contributed by atoms with van der Waals surface area (Å²) < 4.78 is 0.920. The fourth-order valence-corrected chi connectivity index (χ4v) is 2.80. The van der Waals surface area contributed by atoms with E-state index in [1.54, 1.807) is 0 Å². The average molecular weight is 293 g/mol. The minimum atomic E-state index is 0.131. The number of nitrogens with zero attached hydrogens (tertiary/aromatic N) is 2. The van der Waals surface area contributed by atoms with E-state index in [9.17, 15) is 4.79 Å². The van der Waals surface area contributed by atoms with Gasteiger partial charge in [0.2, 0.25) is 0 Å². The van der Waals surface area contributed by atoms with Crippen LogP contribution in [0.3, 0.4) is 0 Å². The van der Waals surface area contributed by atoms with Gasteiger partial charge in [-0.25, -0.2) is 0 Å². The molecule has 1 unspecified atom stereocenters. The van der Waals surface area contributed by atoms with Crippen LogP contribution in [0.15, 0.2) is 22.7 Å². The maximum absolute atomic E-state index is 10.8. The summed E-state index contributed by atoms with van der Waals surface area (Å²) in [6.45, 7) is 1.74. The Morgan fingerprint density at radius 2 is 2.35 bits per heavy atom. The van der Waals surface area contributed by atoms with Crippen LogP contribution in [0.25, 0.3) is 0 Å². The summed E-state index contributed by atoms with van der Waals surface area (Å²) in [7, 11) is 0. The summed E-state index contributed by atoms with van der Waals surface area (Å²) in [6, 6.07) is 7.68. The lowest BCUT2D eigenvalue weighted by Crippen LogP contribution is -2.36. The van der Waals surface area contributed by atoms with Crippen molar-refractivity contribution in [3.63, 3.8) is 0 Å². The lowest BCUT2D eigenvalue weighted by molar-refractivity contribution is -0.111. The monoisotopic (exact) mass is 292 g/mol. The molecule has 2 rings (SSSR count). The molecule has 0 saturated carbocycles. The first-order valence-corrected chi connectivity index (χ1v) is 6.44. The molecule has 4 heteroatoms. The van der Waals surface area contributed by atoms with Gasteiger partial charge in [-0.1, -0.05) is 0 Å². The lowest BCUT2D eigenvalue weighted by atomic mass is 9.99. The Kier molecular flexibility index (Phi) is 3.80. The molecule has 0 amide bonds. The van der Waals surface area contributed by atoms with Crippen molar-refractivity contribution in [2.45, 2.75) is 12.8 Å². The van der Waals surface area contributed by atoms with Gasteiger partial charge in [0.1, 0.15) is 6.29 Å². The van der Waals surface area contributed by atoms with Crippen molar-refractivity contribution in [1.82, 2.24) is 0 Å². The summed E-state index contributed by atoms with van der Waals surface area (Å²) in [5.41, 5.74) is 1.71. The number of anilines is 1. The van der Waals surface area contributed by atoms with Crippen molar-refractivity contribution in [2.75, 3.05) is 18.0 Å². The van der Waals surface area contributed by atoms with Gasteiger partial charge in [-0.15, -0.1) is 0 Å². The van der Waals surface area contributed by atoms with Crippen molar-refractivity contribution in [1.29, 1.82) is 5.26 Å². The van der Waals surface area contributed by atoms with E-state index in [1.807, 2.05) is 18.2 Å². The number of piperidine rings is 1. The molecule has 1 aromatic rings. The predicted octanol–water partition coefficient (Wildman–Crippen LogP) is 2.74. The average Bonchev–Trinajstić information content (AvgIpc) is 2.38. The Labute approximate surface area is 109 Å². The number of rotatable bonds is 2. The van der Waals surface area contributed by atoms with Gasteiger partial charge in [-0.3, -0.25) is 0 Å². The van der Waals surface area contributed by atoms with Crippen molar-refractivity contribution in [2.24, 2.45) is 5.92 Å². The Bertz CT molecular complexity index is 467. The van der Waals surface area contributed by atoms with E-state index in [0.29, 0.717) is 5.56 Å². The first kappa shape index (κ1) is 12.1. The second-order valence-electron chi connectivity index (χ2n) is 4.26. The lowest BCUT2D eigenvalue weighted by Gasteiger charge is -2.32. The van der Waals surface area contributed by atoms with Gasteiger partial charge in [0, 0.05) is 23.5 Å². The van der Waals surface area contributed by atoms with Crippen molar-refractivity contribution in [3.05, 3.63) is 28.2 Å². The molecule has 3 nitrogen and oxygen atoms in total. The first-order valence-electron chi connectivity index (χ1n) is 5.64. The highest BCUT2D eigenvalue weighted by atomic mass is 79.9. The number of halogens is 1. The number of hydrogen-bond donors (Lipinski definition) is 0. The molecule has 1 saturated heterocycles. The molecule has 1 atom stereocenters. The van der Waals surface area contributed by atoms with Crippen molar-refractivity contribution in [3.8, 4) is 6.07 Å². The van der Waals surface area contributed by atoms with Crippen LogP contribution in [0.1, 0.15) is 18.4 Å². The fraction of sp³-hybridized carbons (Fsp3) is 0.385. The standard InChI is InChI=1S/C13H13BrN2O/c14-12-6-10(7-15)3-4-13(12)16-5-1-2-11(8-16)9-17/h3-4,6,9,11H,1-2,5,8H2. The molecule has 1 aliphatic heterocycles. The van der Waals surface area contributed by atoms with Crippen molar-refractivity contribution >= 4 is 27.9 Å². The Balaban J connectivity index is 2.22. The number of aldehydes is 1. The molecular formula is C13H13BrN2O. The van der Waals surface area contributed by atoms with Crippen LogP contribution in [0, 0.1) is 17.2 Å². The fourth-order valence-electron chi connectivity index (χ4n) is 2.17. The minimum absolute atomic E-state index is 0.131. The van der Waals surface area contributed by atoms with Gasteiger partial charge in [0.25, 0.3) is 0 Å². The Morgan fingerprint density at radius 1 is 1.53 bits per heavy atom. The highest BCUT2D eigenvalue weighted by Crippen LogP contribution is 2.30. The number of nitriles is 1. The maximum Gasteiger partial charge on any atom is 0.124 e. The molecule has 0 spiro atoms. The second-order valence-corrected chi connectivity index (χ2v) is 5.12. The zero-order valence-corrected chi connectivity index (χ0v) is 11.0. The van der Waals surface area contributed by atoms with E-state index in [1.165, 1.54) is 0 Å². The van der Waals surface area contributed by atoms with Gasteiger partial charge in [-0.2, -0.15) is 5.26 Å². The molecule has 0 radical (unpaired) electrons. The van der Waals surface area contributed by atoms with Crippen LogP contribution in [-0.4, -0.2) is 19.4 Å². The molecule has 17 heavy (non-hydrogen) atoms. The van der Waals surface area contributed by atoms with E-state index in [0.717, 1.165) is 42.4 Å². The summed E-state index contributed by atoms with van der Waals surface area (Å²) in [5, 5.41) is 8.81. The third-order valence-electron chi connectivity index (χ3n) is 3.07. The molecule has 0 bridgehead atoms. The molecule has 0 N–H and O–H groups in total. The third kappa shape index (κ3) is 2.67. The van der Waals surface area contributed by atoms with Crippen LogP contribution in [0.2, 0.25) is 0 Å². The highest BCUT2D eigenvalue weighted by Gasteiger charge is 2.20. The summed E-state index contributed by atoms with van der Waals surface area (Å²) in [4.78, 5) is 13.0. The minimum Gasteiger partial charge on any atom is -0.370 e. The van der Waals surface area contributed by atoms with E-state index in [-0.39, 0.29) is 5.92 Å². The van der Waals surface area contributed by atoms with Crippen LogP contribution in [0.5, 0.6) is 0 Å². The molecular weight excluding hydrogens is 280 g/mol. The summed E-state index contributed by atoms with van der Waals surface area (Å²) in [6.07, 6.45) is 3.06. The van der Waals surface area contributed by atoms with Crippen LogP contribution < -0.4 is 4.90 Å². The third-order valence-corrected chi connectivity index (χ3v) is 3.70. The highest BCUT2D eigenvalue weighted by molar-refractivity contribution is 9.10. The first-order chi connectivity index (χ1) is 8.24. The Hall–Kier alpha value is -1.34. The smallest absolute Gasteiger partial charge is 0.124 e. The number of hydrogen-bond acceptors (Lipinski definition) is 3. The zero-order valence-electron chi connectivity index (χ0n) is 9.40. The van der Waals surface area contributed by atoms with Gasteiger partial charge in [0.05, 0.1) is 17.3 Å². The van der Waals surface area contributed by atoms with Gasteiger partial charge < -0.3 is 9.69 Å².